The normalized spacial score (nSPS) is 13.0. The number of nitrogens with zero attached hydrogens (tertiary/aromatic N) is 1. The standard InChI is InChI=1S/C22H20ClN2P/c23-26(18-19-16-24-25-17-19,20-10-4-1-5-11-20,21-12-6-2-7-13-21)22-14-8-3-9-15-22/h1-17H,18H2,(H,24,25). The summed E-state index contributed by atoms with van der Waals surface area (Å²) in [5, 5.41) is 10.6. The molecule has 0 fully saturated rings. The second-order valence-corrected chi connectivity index (χ2v) is 12.9. The molecule has 0 bridgehead atoms. The maximum absolute atomic E-state index is 7.95. The van der Waals surface area contributed by atoms with Gasteiger partial charge in [0.05, 0.1) is 0 Å². The molecule has 4 aromatic rings. The van der Waals surface area contributed by atoms with Crippen molar-refractivity contribution in [3.05, 3.63) is 109 Å². The summed E-state index contributed by atoms with van der Waals surface area (Å²) in [6.07, 6.45) is 4.53. The van der Waals surface area contributed by atoms with Gasteiger partial charge in [-0.15, -0.1) is 0 Å². The summed E-state index contributed by atoms with van der Waals surface area (Å²) in [4.78, 5) is 0. The minimum absolute atomic E-state index is 0.710. The van der Waals surface area contributed by atoms with Crippen LogP contribution in [0.4, 0.5) is 0 Å². The second-order valence-electron chi connectivity index (χ2n) is 6.45. The Labute approximate surface area is 158 Å². The summed E-state index contributed by atoms with van der Waals surface area (Å²) in [5.74, 6) is -3.23. The average molecular weight is 379 g/mol. The number of halogens is 1. The summed E-state index contributed by atoms with van der Waals surface area (Å²) < 4.78 is 0. The molecule has 1 aromatic heterocycles. The number of hydrogen-bond donors (Lipinski definition) is 1. The van der Waals surface area contributed by atoms with Gasteiger partial charge < -0.3 is 0 Å². The van der Waals surface area contributed by atoms with Crippen molar-refractivity contribution in [1.29, 1.82) is 0 Å². The Kier molecular flexibility index (Phi) is 4.40. The fourth-order valence-electron chi connectivity index (χ4n) is 3.64. The fraction of sp³-hybridized carbons (Fsp3) is 0.0455. The molecule has 0 spiro atoms. The van der Waals surface area contributed by atoms with Gasteiger partial charge in [0, 0.05) is 0 Å². The Bertz CT molecular complexity index is 871. The molecule has 0 saturated carbocycles. The van der Waals surface area contributed by atoms with E-state index in [4.69, 9.17) is 11.2 Å². The van der Waals surface area contributed by atoms with Gasteiger partial charge in [-0.2, -0.15) is 0 Å². The van der Waals surface area contributed by atoms with Crippen molar-refractivity contribution in [1.82, 2.24) is 10.2 Å². The first-order chi connectivity index (χ1) is 12.7. The summed E-state index contributed by atoms with van der Waals surface area (Å²) in [6, 6.07) is 31.5. The van der Waals surface area contributed by atoms with E-state index < -0.39 is 5.96 Å². The van der Waals surface area contributed by atoms with E-state index in [1.807, 2.05) is 30.6 Å². The molecule has 26 heavy (non-hydrogen) atoms. The van der Waals surface area contributed by atoms with Gasteiger partial charge in [0.1, 0.15) is 0 Å². The average Bonchev–Trinajstić information content (AvgIpc) is 3.23. The summed E-state index contributed by atoms with van der Waals surface area (Å²) in [5.41, 5.74) is 1.11. The Hall–Kier alpha value is -2.41. The van der Waals surface area contributed by atoms with Gasteiger partial charge in [-0.3, -0.25) is 0 Å². The molecule has 0 aliphatic heterocycles. The summed E-state index contributed by atoms with van der Waals surface area (Å²) >= 11 is 7.95. The molecule has 3 aromatic carbocycles. The number of H-pyrrole nitrogens is 1. The van der Waals surface area contributed by atoms with Crippen LogP contribution in [-0.2, 0) is 6.16 Å². The van der Waals surface area contributed by atoms with Crippen LogP contribution >= 0.6 is 17.2 Å². The molecule has 4 rings (SSSR count). The van der Waals surface area contributed by atoms with E-state index in [-0.39, 0.29) is 0 Å². The summed E-state index contributed by atoms with van der Waals surface area (Å²) in [6.45, 7) is 0. The number of nitrogens with one attached hydrogen (secondary N) is 1. The van der Waals surface area contributed by atoms with Gasteiger partial charge in [0.25, 0.3) is 0 Å². The van der Waals surface area contributed by atoms with E-state index in [2.05, 4.69) is 83.0 Å². The first kappa shape index (κ1) is 17.0. The van der Waals surface area contributed by atoms with Crippen molar-refractivity contribution >= 4 is 33.1 Å². The van der Waals surface area contributed by atoms with Gasteiger partial charge in [0.2, 0.25) is 0 Å². The van der Waals surface area contributed by atoms with Gasteiger partial charge in [-0.05, 0) is 0 Å². The number of hydrogen-bond acceptors (Lipinski definition) is 1. The van der Waals surface area contributed by atoms with Crippen molar-refractivity contribution in [2.45, 2.75) is 6.16 Å². The third-order valence-electron chi connectivity index (χ3n) is 4.92. The van der Waals surface area contributed by atoms with Crippen LogP contribution in [0.5, 0.6) is 0 Å². The first-order valence-electron chi connectivity index (χ1n) is 8.59. The van der Waals surface area contributed by atoms with Crippen LogP contribution in [0.3, 0.4) is 0 Å². The van der Waals surface area contributed by atoms with Crippen LogP contribution in [0.25, 0.3) is 0 Å². The molecule has 4 heteroatoms. The molecular weight excluding hydrogens is 359 g/mol. The van der Waals surface area contributed by atoms with Crippen LogP contribution in [-0.4, -0.2) is 10.2 Å². The van der Waals surface area contributed by atoms with E-state index in [9.17, 15) is 0 Å². The van der Waals surface area contributed by atoms with Crippen molar-refractivity contribution in [2.24, 2.45) is 0 Å². The molecular formula is C22H20ClN2P. The van der Waals surface area contributed by atoms with Crippen LogP contribution in [0.1, 0.15) is 5.56 Å². The number of aromatic amines is 1. The van der Waals surface area contributed by atoms with Crippen molar-refractivity contribution in [3.8, 4) is 0 Å². The minimum atomic E-state index is -3.23. The molecule has 0 aliphatic carbocycles. The quantitative estimate of drug-likeness (QED) is 0.505. The SMILES string of the molecule is ClP(Cc1cn[nH]c1)(c1ccccc1)(c1ccccc1)c1ccccc1. The van der Waals surface area contributed by atoms with Gasteiger partial charge in [-0.1, -0.05) is 0 Å². The molecule has 1 heterocycles. The number of aromatic nitrogens is 2. The van der Waals surface area contributed by atoms with Gasteiger partial charge in [-0.25, -0.2) is 0 Å². The molecule has 130 valence electrons. The zero-order valence-corrected chi connectivity index (χ0v) is 15.9. The van der Waals surface area contributed by atoms with Gasteiger partial charge in [0.15, 0.2) is 0 Å². The third-order valence-corrected chi connectivity index (χ3v) is 12.1. The maximum atomic E-state index is 7.95. The summed E-state index contributed by atoms with van der Waals surface area (Å²) in [7, 11) is 0. The molecule has 0 radical (unpaired) electrons. The predicted molar refractivity (Wildman–Crippen MR) is 113 cm³/mol. The van der Waals surface area contributed by atoms with Crippen LogP contribution in [0.15, 0.2) is 103 Å². The topological polar surface area (TPSA) is 28.7 Å². The molecule has 0 atom stereocenters. The molecule has 1 N–H and O–H groups in total. The zero-order valence-electron chi connectivity index (χ0n) is 14.3. The Morgan fingerprint density at radius 1 is 0.692 bits per heavy atom. The van der Waals surface area contributed by atoms with E-state index in [1.165, 1.54) is 15.9 Å². The van der Waals surface area contributed by atoms with Crippen LogP contribution in [0, 0.1) is 0 Å². The van der Waals surface area contributed by atoms with Gasteiger partial charge >= 0.3 is 158 Å². The Balaban J connectivity index is 2.10. The number of rotatable bonds is 5. The Morgan fingerprint density at radius 2 is 1.12 bits per heavy atom. The fourth-order valence-corrected chi connectivity index (χ4v) is 9.75. The zero-order chi connectivity index (χ0) is 17.9. The monoisotopic (exact) mass is 378 g/mol. The van der Waals surface area contributed by atoms with Crippen LogP contribution in [0.2, 0.25) is 0 Å². The van der Waals surface area contributed by atoms with Crippen LogP contribution < -0.4 is 15.9 Å². The van der Waals surface area contributed by atoms with Crippen molar-refractivity contribution in [2.75, 3.05) is 0 Å². The second kappa shape index (κ2) is 6.72. The Morgan fingerprint density at radius 3 is 1.46 bits per heavy atom. The van der Waals surface area contributed by atoms with E-state index in [0.29, 0.717) is 6.16 Å². The van der Waals surface area contributed by atoms with Crippen molar-refractivity contribution < 1.29 is 0 Å². The molecule has 0 saturated heterocycles. The third kappa shape index (κ3) is 2.67. The van der Waals surface area contributed by atoms with E-state index in [0.717, 1.165) is 5.56 Å². The molecule has 2 nitrogen and oxygen atoms in total. The molecule has 0 amide bonds. The van der Waals surface area contributed by atoms with Crippen molar-refractivity contribution in [3.63, 3.8) is 0 Å². The first-order valence-corrected chi connectivity index (χ1v) is 11.9. The predicted octanol–water partition coefficient (Wildman–Crippen LogP) is 4.59. The molecule has 0 unspecified atom stereocenters. The number of benzene rings is 3. The van der Waals surface area contributed by atoms with E-state index in [1.54, 1.807) is 0 Å². The van der Waals surface area contributed by atoms with E-state index >= 15 is 0 Å². The molecule has 0 aliphatic rings.